The summed E-state index contributed by atoms with van der Waals surface area (Å²) in [5.74, 6) is 0.311. The second-order valence-corrected chi connectivity index (χ2v) is 7.33. The molecule has 0 aliphatic carbocycles. The number of carbonyl (C=O) groups excluding carboxylic acids is 2. The third-order valence-electron chi connectivity index (χ3n) is 5.32. The maximum absolute atomic E-state index is 12.8. The molecule has 0 saturated carbocycles. The van der Waals surface area contributed by atoms with Crippen molar-refractivity contribution in [2.75, 3.05) is 19.6 Å². The van der Waals surface area contributed by atoms with Crippen LogP contribution in [0.2, 0.25) is 5.02 Å². The zero-order chi connectivity index (χ0) is 17.1. The van der Waals surface area contributed by atoms with E-state index in [-0.39, 0.29) is 17.7 Å². The van der Waals surface area contributed by atoms with Gasteiger partial charge in [-0.05, 0) is 51.2 Å². The third-order valence-corrected chi connectivity index (χ3v) is 5.65. The van der Waals surface area contributed by atoms with Gasteiger partial charge in [-0.1, -0.05) is 23.7 Å². The fourth-order valence-electron chi connectivity index (χ4n) is 3.79. The van der Waals surface area contributed by atoms with E-state index in [1.807, 2.05) is 17.0 Å². The van der Waals surface area contributed by atoms with Gasteiger partial charge < -0.3 is 9.80 Å². The Labute approximate surface area is 148 Å². The molecule has 3 rings (SSSR count). The van der Waals surface area contributed by atoms with E-state index in [2.05, 4.69) is 11.8 Å². The number of likely N-dealkylation sites (tertiary alicyclic amines) is 2. The van der Waals surface area contributed by atoms with Crippen molar-refractivity contribution in [1.29, 1.82) is 0 Å². The van der Waals surface area contributed by atoms with Crippen LogP contribution in [0.5, 0.6) is 0 Å². The molecule has 2 aliphatic heterocycles. The maximum atomic E-state index is 12.8. The monoisotopic (exact) mass is 348 g/mol. The van der Waals surface area contributed by atoms with Crippen LogP contribution in [0.3, 0.4) is 0 Å². The molecule has 24 heavy (non-hydrogen) atoms. The molecule has 0 aromatic heterocycles. The Morgan fingerprint density at radius 3 is 2.42 bits per heavy atom. The number of rotatable bonds is 2. The van der Waals surface area contributed by atoms with Gasteiger partial charge in [0.1, 0.15) is 0 Å². The van der Waals surface area contributed by atoms with E-state index in [0.29, 0.717) is 29.7 Å². The Kier molecular flexibility index (Phi) is 5.44. The van der Waals surface area contributed by atoms with E-state index >= 15 is 0 Å². The summed E-state index contributed by atoms with van der Waals surface area (Å²) in [4.78, 5) is 29.2. The van der Waals surface area contributed by atoms with Crippen LogP contribution in [0, 0.1) is 5.92 Å². The minimum absolute atomic E-state index is 0.0298. The molecule has 2 fully saturated rings. The second kappa shape index (κ2) is 7.56. The van der Waals surface area contributed by atoms with E-state index in [0.717, 1.165) is 32.2 Å². The predicted molar refractivity (Wildman–Crippen MR) is 95.1 cm³/mol. The molecule has 0 unspecified atom stereocenters. The fourth-order valence-corrected chi connectivity index (χ4v) is 4.01. The minimum atomic E-state index is -0.0298. The third kappa shape index (κ3) is 3.59. The first-order chi connectivity index (χ1) is 11.6. The predicted octanol–water partition coefficient (Wildman–Crippen LogP) is 3.59. The smallest absolute Gasteiger partial charge is 0.255 e. The largest absolute Gasteiger partial charge is 0.340 e. The number of carbonyl (C=O) groups is 2. The molecule has 0 N–H and O–H groups in total. The molecule has 130 valence electrons. The Balaban J connectivity index is 1.58. The zero-order valence-corrected chi connectivity index (χ0v) is 15.0. The quantitative estimate of drug-likeness (QED) is 0.819. The van der Waals surface area contributed by atoms with Gasteiger partial charge in [-0.3, -0.25) is 9.59 Å². The van der Waals surface area contributed by atoms with Gasteiger partial charge in [0, 0.05) is 31.6 Å². The number of nitrogens with zero attached hydrogens (tertiary/aromatic N) is 2. The van der Waals surface area contributed by atoms with Crippen molar-refractivity contribution in [3.05, 3.63) is 34.9 Å². The summed E-state index contributed by atoms with van der Waals surface area (Å²) in [6, 6.07) is 7.51. The standard InChI is InChI=1S/C19H25ClN2O2/c1-14-6-4-5-11-22(14)18(23)15-9-12-21(13-10-15)19(24)16-7-2-3-8-17(16)20/h2-3,7-8,14-15H,4-6,9-13H2,1H3/t14-/m0/s1. The molecule has 2 amide bonds. The van der Waals surface area contributed by atoms with Crippen molar-refractivity contribution in [2.24, 2.45) is 5.92 Å². The lowest BCUT2D eigenvalue weighted by Gasteiger charge is -2.38. The van der Waals surface area contributed by atoms with E-state index in [1.54, 1.807) is 12.1 Å². The normalized spacial score (nSPS) is 22.5. The summed E-state index contributed by atoms with van der Waals surface area (Å²) in [6.45, 7) is 4.29. The Hall–Kier alpha value is -1.55. The van der Waals surface area contributed by atoms with Crippen molar-refractivity contribution < 1.29 is 9.59 Å². The van der Waals surface area contributed by atoms with Gasteiger partial charge in [-0.15, -0.1) is 0 Å². The van der Waals surface area contributed by atoms with Gasteiger partial charge in [-0.2, -0.15) is 0 Å². The first-order valence-electron chi connectivity index (χ1n) is 8.92. The lowest BCUT2D eigenvalue weighted by atomic mass is 9.92. The van der Waals surface area contributed by atoms with Crippen LogP contribution in [0.1, 0.15) is 49.4 Å². The average molecular weight is 349 g/mol. The van der Waals surface area contributed by atoms with Crippen molar-refractivity contribution in [3.8, 4) is 0 Å². The van der Waals surface area contributed by atoms with Crippen molar-refractivity contribution >= 4 is 23.4 Å². The molecule has 2 aliphatic rings. The number of amides is 2. The Morgan fingerprint density at radius 1 is 1.04 bits per heavy atom. The molecule has 0 radical (unpaired) electrons. The Morgan fingerprint density at radius 2 is 1.75 bits per heavy atom. The van der Waals surface area contributed by atoms with E-state index in [9.17, 15) is 9.59 Å². The van der Waals surface area contributed by atoms with Crippen LogP contribution in [0.4, 0.5) is 0 Å². The molecule has 5 heteroatoms. The fraction of sp³-hybridized carbons (Fsp3) is 0.579. The second-order valence-electron chi connectivity index (χ2n) is 6.92. The van der Waals surface area contributed by atoms with Gasteiger partial charge in [0.15, 0.2) is 0 Å². The van der Waals surface area contributed by atoms with Crippen molar-refractivity contribution in [1.82, 2.24) is 9.80 Å². The van der Waals surface area contributed by atoms with Crippen LogP contribution in [-0.2, 0) is 4.79 Å². The molecule has 0 spiro atoms. The topological polar surface area (TPSA) is 40.6 Å². The molecular weight excluding hydrogens is 324 g/mol. The number of hydrogen-bond donors (Lipinski definition) is 0. The number of piperidine rings is 2. The van der Waals surface area contributed by atoms with Crippen LogP contribution in [0.25, 0.3) is 0 Å². The van der Waals surface area contributed by atoms with Crippen LogP contribution in [0.15, 0.2) is 24.3 Å². The van der Waals surface area contributed by atoms with Crippen molar-refractivity contribution in [3.63, 3.8) is 0 Å². The van der Waals surface area contributed by atoms with Crippen LogP contribution in [-0.4, -0.2) is 47.3 Å². The zero-order valence-electron chi connectivity index (χ0n) is 14.2. The van der Waals surface area contributed by atoms with E-state index in [4.69, 9.17) is 11.6 Å². The highest BCUT2D eigenvalue weighted by Gasteiger charge is 2.33. The highest BCUT2D eigenvalue weighted by atomic mass is 35.5. The highest BCUT2D eigenvalue weighted by molar-refractivity contribution is 6.33. The van der Waals surface area contributed by atoms with Gasteiger partial charge in [0.05, 0.1) is 10.6 Å². The molecular formula is C19H25ClN2O2. The van der Waals surface area contributed by atoms with Gasteiger partial charge in [0.2, 0.25) is 5.91 Å². The van der Waals surface area contributed by atoms with Crippen molar-refractivity contribution in [2.45, 2.75) is 45.1 Å². The summed E-state index contributed by atoms with van der Waals surface area (Å²) < 4.78 is 0. The van der Waals surface area contributed by atoms with E-state index < -0.39 is 0 Å². The Bertz CT molecular complexity index is 611. The first-order valence-corrected chi connectivity index (χ1v) is 9.30. The van der Waals surface area contributed by atoms with Crippen LogP contribution < -0.4 is 0 Å². The maximum Gasteiger partial charge on any atom is 0.255 e. The summed E-state index contributed by atoms with van der Waals surface area (Å²) in [5, 5.41) is 0.489. The average Bonchev–Trinajstić information content (AvgIpc) is 2.61. The molecule has 1 aromatic carbocycles. The number of hydrogen-bond acceptors (Lipinski definition) is 2. The summed E-state index contributed by atoms with van der Waals surface area (Å²) in [6.07, 6.45) is 4.93. The van der Waals surface area contributed by atoms with E-state index in [1.165, 1.54) is 6.42 Å². The van der Waals surface area contributed by atoms with Crippen LogP contribution >= 0.6 is 11.6 Å². The SMILES string of the molecule is C[C@H]1CCCCN1C(=O)C1CCN(C(=O)c2ccccc2Cl)CC1. The molecule has 0 bridgehead atoms. The summed E-state index contributed by atoms with van der Waals surface area (Å²) in [7, 11) is 0. The number of halogens is 1. The van der Waals surface area contributed by atoms with Gasteiger partial charge in [-0.25, -0.2) is 0 Å². The molecule has 2 saturated heterocycles. The highest BCUT2D eigenvalue weighted by Crippen LogP contribution is 2.26. The molecule has 1 aromatic rings. The lowest BCUT2D eigenvalue weighted by Crippen LogP contribution is -2.48. The minimum Gasteiger partial charge on any atom is -0.340 e. The summed E-state index contributed by atoms with van der Waals surface area (Å²) >= 11 is 6.13. The molecule has 4 nitrogen and oxygen atoms in total. The molecule has 2 heterocycles. The van der Waals surface area contributed by atoms with Gasteiger partial charge >= 0.3 is 0 Å². The number of benzene rings is 1. The van der Waals surface area contributed by atoms with Gasteiger partial charge in [0.25, 0.3) is 5.91 Å². The molecule has 1 atom stereocenters. The summed E-state index contributed by atoms with van der Waals surface area (Å²) in [5.41, 5.74) is 0.550. The lowest BCUT2D eigenvalue weighted by molar-refractivity contribution is -0.140. The first kappa shape index (κ1) is 17.3.